The molecular weight excluding hydrogens is 434 g/mol. The second-order valence-corrected chi connectivity index (χ2v) is 8.12. The fourth-order valence-electron chi connectivity index (χ4n) is 3.18. The van der Waals surface area contributed by atoms with Crippen LogP contribution in [0.1, 0.15) is 45.5 Å². The maximum absolute atomic E-state index is 13.2. The summed E-state index contributed by atoms with van der Waals surface area (Å²) >= 11 is 1.08. The number of aromatic nitrogens is 2. The Morgan fingerprint density at radius 2 is 1.88 bits per heavy atom. The lowest BCUT2D eigenvalue weighted by molar-refractivity contribution is -0.114. The molecule has 0 aliphatic rings. The van der Waals surface area contributed by atoms with Gasteiger partial charge in [-0.3, -0.25) is 19.0 Å². The first kappa shape index (κ1) is 23.3. The van der Waals surface area contributed by atoms with Gasteiger partial charge in [0.1, 0.15) is 16.3 Å². The molecule has 9 nitrogen and oxygen atoms in total. The second-order valence-electron chi connectivity index (χ2n) is 7.12. The molecule has 1 aromatic carbocycles. The smallest absolute Gasteiger partial charge is 0.348 e. The third kappa shape index (κ3) is 4.76. The summed E-state index contributed by atoms with van der Waals surface area (Å²) in [6.45, 7) is 5.04. The summed E-state index contributed by atoms with van der Waals surface area (Å²) < 4.78 is 11.3. The van der Waals surface area contributed by atoms with Crippen molar-refractivity contribution in [3.8, 4) is 0 Å². The van der Waals surface area contributed by atoms with Gasteiger partial charge in [0, 0.05) is 25.3 Å². The minimum absolute atomic E-state index is 0.104. The summed E-state index contributed by atoms with van der Waals surface area (Å²) in [5.74, 6) is -1.04. The molecule has 1 atom stereocenters. The summed E-state index contributed by atoms with van der Waals surface area (Å²) in [5, 5.41) is 2.92. The normalized spacial score (nSPS) is 11.9. The van der Waals surface area contributed by atoms with Crippen molar-refractivity contribution in [2.24, 2.45) is 0 Å². The van der Waals surface area contributed by atoms with E-state index in [4.69, 9.17) is 9.47 Å². The van der Waals surface area contributed by atoms with E-state index in [1.54, 1.807) is 38.1 Å². The van der Waals surface area contributed by atoms with Gasteiger partial charge in [-0.15, -0.1) is 11.3 Å². The number of rotatable bonds is 8. The number of carbonyl (C=O) groups is 3. The fraction of sp³-hybridized carbons (Fsp3) is 0.318. The van der Waals surface area contributed by atoms with Gasteiger partial charge in [0.05, 0.1) is 24.4 Å². The largest absolute Gasteiger partial charge is 0.459 e. The molecule has 1 unspecified atom stereocenters. The van der Waals surface area contributed by atoms with E-state index in [0.29, 0.717) is 26.5 Å². The summed E-state index contributed by atoms with van der Waals surface area (Å²) in [6.07, 6.45) is 1.31. The van der Waals surface area contributed by atoms with E-state index < -0.39 is 17.6 Å². The van der Waals surface area contributed by atoms with Gasteiger partial charge >= 0.3 is 5.97 Å². The standard InChI is InChI=1S/C22H23N3O6S/c1-12-17-20(32-19(12)22(29)31-10-9-30-4)23-11-25(21(17)28)13(2)18(27)15-5-7-16(8-6-15)24-14(3)26/h5-8,11,13H,9-10H2,1-4H3,(H,24,26). The summed E-state index contributed by atoms with van der Waals surface area (Å²) in [6, 6.07) is 5.60. The van der Waals surface area contributed by atoms with Gasteiger partial charge in [-0.1, -0.05) is 0 Å². The Morgan fingerprint density at radius 3 is 2.50 bits per heavy atom. The first-order valence-corrected chi connectivity index (χ1v) is 10.6. The molecule has 0 saturated heterocycles. The van der Waals surface area contributed by atoms with Crippen LogP contribution in [0, 0.1) is 6.92 Å². The van der Waals surface area contributed by atoms with Crippen molar-refractivity contribution in [1.82, 2.24) is 9.55 Å². The Balaban J connectivity index is 1.90. The van der Waals surface area contributed by atoms with Crippen molar-refractivity contribution in [2.45, 2.75) is 26.8 Å². The third-order valence-electron chi connectivity index (χ3n) is 4.87. The molecule has 3 rings (SSSR count). The first-order valence-electron chi connectivity index (χ1n) is 9.82. The molecule has 0 saturated carbocycles. The van der Waals surface area contributed by atoms with Crippen molar-refractivity contribution in [3.05, 3.63) is 57.0 Å². The molecule has 10 heteroatoms. The summed E-state index contributed by atoms with van der Waals surface area (Å²) in [5.41, 5.74) is 1.03. The first-order chi connectivity index (χ1) is 15.2. The second kappa shape index (κ2) is 9.84. The van der Waals surface area contributed by atoms with E-state index in [-0.39, 0.29) is 30.3 Å². The van der Waals surface area contributed by atoms with Crippen LogP contribution >= 0.6 is 11.3 Å². The number of methoxy groups -OCH3 is 1. The number of thiophene rings is 1. The molecule has 1 N–H and O–H groups in total. The summed E-state index contributed by atoms with van der Waals surface area (Å²) in [7, 11) is 1.50. The van der Waals surface area contributed by atoms with Crippen LogP contribution in [0.2, 0.25) is 0 Å². The molecule has 3 aromatic rings. The SMILES string of the molecule is COCCOC(=O)c1sc2ncn(C(C)C(=O)c3ccc(NC(C)=O)cc3)c(=O)c2c1C. The monoisotopic (exact) mass is 457 g/mol. The molecule has 0 aliphatic carbocycles. The number of Topliss-reactive ketones (excluding diaryl/α,β-unsaturated/α-hetero) is 1. The van der Waals surface area contributed by atoms with Crippen LogP contribution in [0.3, 0.4) is 0 Å². The van der Waals surface area contributed by atoms with Crippen molar-refractivity contribution < 1.29 is 23.9 Å². The zero-order chi connectivity index (χ0) is 23.4. The minimum Gasteiger partial charge on any atom is -0.459 e. The highest BCUT2D eigenvalue weighted by Crippen LogP contribution is 2.28. The lowest BCUT2D eigenvalue weighted by Gasteiger charge is -2.14. The highest BCUT2D eigenvalue weighted by atomic mass is 32.1. The number of ketones is 1. The Morgan fingerprint density at radius 1 is 1.19 bits per heavy atom. The molecule has 0 aliphatic heterocycles. The Labute approximate surface area is 188 Å². The highest BCUT2D eigenvalue weighted by Gasteiger charge is 2.24. The number of fused-ring (bicyclic) bond motifs is 1. The predicted octanol–water partition coefficient (Wildman–Crippen LogP) is 2.97. The minimum atomic E-state index is -0.817. The number of nitrogens with zero attached hydrogens (tertiary/aromatic N) is 2. The van der Waals surface area contributed by atoms with E-state index in [0.717, 1.165) is 11.3 Å². The van der Waals surface area contributed by atoms with Crippen molar-refractivity contribution in [3.63, 3.8) is 0 Å². The van der Waals surface area contributed by atoms with Gasteiger partial charge in [-0.25, -0.2) is 9.78 Å². The van der Waals surface area contributed by atoms with Gasteiger partial charge in [0.15, 0.2) is 5.78 Å². The highest BCUT2D eigenvalue weighted by molar-refractivity contribution is 7.20. The van der Waals surface area contributed by atoms with Crippen LogP contribution in [0.25, 0.3) is 10.2 Å². The molecule has 0 radical (unpaired) electrons. The van der Waals surface area contributed by atoms with Gasteiger partial charge in [0.2, 0.25) is 5.91 Å². The topological polar surface area (TPSA) is 117 Å². The number of aryl methyl sites for hydroxylation is 1. The molecule has 0 spiro atoms. The number of esters is 1. The molecule has 0 bridgehead atoms. The number of ether oxygens (including phenoxy) is 2. The van der Waals surface area contributed by atoms with E-state index >= 15 is 0 Å². The Hall–Kier alpha value is -3.37. The third-order valence-corrected chi connectivity index (χ3v) is 6.05. The van der Waals surface area contributed by atoms with E-state index in [1.165, 1.54) is 24.9 Å². The van der Waals surface area contributed by atoms with E-state index in [9.17, 15) is 19.2 Å². The number of carbonyl (C=O) groups excluding carboxylic acids is 3. The fourth-order valence-corrected chi connectivity index (χ4v) is 4.21. The molecule has 168 valence electrons. The maximum Gasteiger partial charge on any atom is 0.348 e. The average molecular weight is 458 g/mol. The number of anilines is 1. The molecule has 1 amide bonds. The van der Waals surface area contributed by atoms with Crippen molar-refractivity contribution in [1.29, 1.82) is 0 Å². The summed E-state index contributed by atoms with van der Waals surface area (Å²) in [4.78, 5) is 54.6. The Bertz CT molecular complexity index is 1230. The maximum atomic E-state index is 13.2. The van der Waals surface area contributed by atoms with E-state index in [1.807, 2.05) is 0 Å². The average Bonchev–Trinajstić information content (AvgIpc) is 3.10. The van der Waals surface area contributed by atoms with Crippen LogP contribution in [0.5, 0.6) is 0 Å². The zero-order valence-corrected chi connectivity index (χ0v) is 18.9. The van der Waals surface area contributed by atoms with Crippen LogP contribution in [0.15, 0.2) is 35.4 Å². The van der Waals surface area contributed by atoms with Gasteiger partial charge in [-0.2, -0.15) is 0 Å². The van der Waals surface area contributed by atoms with Crippen LogP contribution in [-0.4, -0.2) is 47.5 Å². The number of amides is 1. The van der Waals surface area contributed by atoms with Gasteiger partial charge in [-0.05, 0) is 43.7 Å². The van der Waals surface area contributed by atoms with Crippen LogP contribution in [-0.2, 0) is 14.3 Å². The molecule has 32 heavy (non-hydrogen) atoms. The zero-order valence-electron chi connectivity index (χ0n) is 18.1. The molecule has 2 heterocycles. The Kier molecular flexibility index (Phi) is 7.16. The van der Waals surface area contributed by atoms with Gasteiger partial charge < -0.3 is 14.8 Å². The number of hydrogen-bond acceptors (Lipinski definition) is 8. The molecular formula is C22H23N3O6S. The lowest BCUT2D eigenvalue weighted by Crippen LogP contribution is -2.28. The van der Waals surface area contributed by atoms with Crippen molar-refractivity contribution >= 4 is 44.9 Å². The van der Waals surface area contributed by atoms with E-state index in [2.05, 4.69) is 10.3 Å². The lowest BCUT2D eigenvalue weighted by atomic mass is 10.0. The van der Waals surface area contributed by atoms with Crippen LogP contribution in [0.4, 0.5) is 5.69 Å². The number of nitrogens with one attached hydrogen (secondary N) is 1. The van der Waals surface area contributed by atoms with Crippen molar-refractivity contribution in [2.75, 3.05) is 25.6 Å². The molecule has 0 fully saturated rings. The number of benzene rings is 1. The predicted molar refractivity (Wildman–Crippen MR) is 121 cm³/mol. The van der Waals surface area contributed by atoms with Gasteiger partial charge in [0.25, 0.3) is 5.56 Å². The number of hydrogen-bond donors (Lipinski definition) is 1. The molecule has 2 aromatic heterocycles. The quantitative estimate of drug-likeness (QED) is 0.314. The van der Waals surface area contributed by atoms with Crippen LogP contribution < -0.4 is 10.9 Å².